The van der Waals surface area contributed by atoms with Gasteiger partial charge in [0, 0.05) is 15.9 Å². The lowest BCUT2D eigenvalue weighted by molar-refractivity contribution is 0.922. The van der Waals surface area contributed by atoms with Gasteiger partial charge in [0.15, 0.2) is 0 Å². The van der Waals surface area contributed by atoms with Gasteiger partial charge in [0.05, 0.1) is 3.79 Å². The van der Waals surface area contributed by atoms with Gasteiger partial charge in [0.25, 0.3) is 0 Å². The van der Waals surface area contributed by atoms with E-state index in [1.165, 1.54) is 4.88 Å². The predicted molar refractivity (Wildman–Crippen MR) is 62.7 cm³/mol. The normalized spacial score (nSPS) is 11.2. The number of likely N-dealkylation sites (N-methyl/N-ethyl adjacent to an activating group) is 1. The Bertz CT molecular complexity index is 261. The Labute approximate surface area is 93.1 Å². The maximum atomic E-state index is 3.45. The van der Waals surface area contributed by atoms with Crippen LogP contribution in [0.5, 0.6) is 0 Å². The molecule has 4 heteroatoms. The number of thiophene rings is 1. The molecule has 0 radical (unpaired) electrons. The Hall–Kier alpha value is 0.360. The third-order valence-corrected chi connectivity index (χ3v) is 4.49. The quantitative estimate of drug-likeness (QED) is 0.901. The van der Waals surface area contributed by atoms with Gasteiger partial charge in [-0.15, -0.1) is 11.3 Å². The predicted octanol–water partition coefficient (Wildman–Crippen LogP) is 3.51. The first-order chi connectivity index (χ1) is 5.74. The highest BCUT2D eigenvalue weighted by Crippen LogP contribution is 2.32. The maximum absolute atomic E-state index is 3.45. The number of rotatable bonds is 3. The standard InChI is InChI=1S/C8H9Br2NS/c1-11-4-2-3-6-5-7(9)8(10)12-6/h2-3,5,11H,4H2,1H3/b3-2+. The Morgan fingerprint density at radius 1 is 1.58 bits per heavy atom. The van der Waals surface area contributed by atoms with E-state index in [9.17, 15) is 0 Å². The zero-order chi connectivity index (χ0) is 8.97. The molecule has 0 fully saturated rings. The molecule has 0 aliphatic heterocycles. The van der Waals surface area contributed by atoms with Crippen molar-refractivity contribution in [3.8, 4) is 0 Å². The molecule has 0 spiro atoms. The summed E-state index contributed by atoms with van der Waals surface area (Å²) in [5, 5.41) is 3.05. The van der Waals surface area contributed by atoms with Gasteiger partial charge in [-0.25, -0.2) is 0 Å². The van der Waals surface area contributed by atoms with Crippen LogP contribution in [0.4, 0.5) is 0 Å². The molecule has 0 aliphatic rings. The van der Waals surface area contributed by atoms with Crippen LogP contribution in [0.2, 0.25) is 0 Å². The van der Waals surface area contributed by atoms with Crippen molar-refractivity contribution in [3.05, 3.63) is 25.3 Å². The molecular weight excluding hydrogens is 302 g/mol. The van der Waals surface area contributed by atoms with E-state index in [-0.39, 0.29) is 0 Å². The van der Waals surface area contributed by atoms with E-state index < -0.39 is 0 Å². The average molecular weight is 311 g/mol. The SMILES string of the molecule is CNC/C=C/c1cc(Br)c(Br)s1. The van der Waals surface area contributed by atoms with Crippen LogP contribution in [0.3, 0.4) is 0 Å². The van der Waals surface area contributed by atoms with Crippen molar-refractivity contribution in [3.63, 3.8) is 0 Å². The van der Waals surface area contributed by atoms with Gasteiger partial charge in [-0.3, -0.25) is 0 Å². The molecule has 0 aromatic carbocycles. The fraction of sp³-hybridized carbons (Fsp3) is 0.250. The molecule has 0 saturated heterocycles. The molecule has 1 heterocycles. The van der Waals surface area contributed by atoms with Crippen LogP contribution in [0.25, 0.3) is 6.08 Å². The van der Waals surface area contributed by atoms with Crippen LogP contribution in [0.15, 0.2) is 20.4 Å². The van der Waals surface area contributed by atoms with Gasteiger partial charge in [-0.2, -0.15) is 0 Å². The van der Waals surface area contributed by atoms with Crippen molar-refractivity contribution in [1.29, 1.82) is 0 Å². The summed E-state index contributed by atoms with van der Waals surface area (Å²) in [6.45, 7) is 0.910. The van der Waals surface area contributed by atoms with Crippen molar-refractivity contribution in [2.75, 3.05) is 13.6 Å². The monoisotopic (exact) mass is 309 g/mol. The summed E-state index contributed by atoms with van der Waals surface area (Å²) in [7, 11) is 1.94. The fourth-order valence-corrected chi connectivity index (χ4v) is 2.76. The molecule has 0 amide bonds. The second-order valence-corrected chi connectivity index (χ2v) is 5.49. The van der Waals surface area contributed by atoms with Crippen molar-refractivity contribution in [2.24, 2.45) is 0 Å². The van der Waals surface area contributed by atoms with Crippen LogP contribution in [0.1, 0.15) is 4.88 Å². The van der Waals surface area contributed by atoms with Crippen molar-refractivity contribution in [1.82, 2.24) is 5.32 Å². The van der Waals surface area contributed by atoms with E-state index in [4.69, 9.17) is 0 Å². The highest BCUT2D eigenvalue weighted by atomic mass is 79.9. The molecule has 1 nitrogen and oxygen atoms in total. The third kappa shape index (κ3) is 3.01. The first kappa shape index (κ1) is 10.4. The summed E-state index contributed by atoms with van der Waals surface area (Å²) in [5.41, 5.74) is 0. The van der Waals surface area contributed by atoms with Gasteiger partial charge in [-0.05, 0) is 51.0 Å². The second kappa shape index (κ2) is 5.17. The lowest BCUT2D eigenvalue weighted by Crippen LogP contribution is -2.03. The van der Waals surface area contributed by atoms with Crippen molar-refractivity contribution >= 4 is 49.3 Å². The van der Waals surface area contributed by atoms with E-state index >= 15 is 0 Å². The van der Waals surface area contributed by atoms with E-state index in [1.807, 2.05) is 7.05 Å². The Balaban J connectivity index is 2.64. The minimum atomic E-state index is 0.910. The zero-order valence-corrected chi connectivity index (χ0v) is 10.6. The zero-order valence-electron chi connectivity index (χ0n) is 6.60. The molecular formula is C8H9Br2NS. The second-order valence-electron chi connectivity index (χ2n) is 2.23. The van der Waals surface area contributed by atoms with Gasteiger partial charge in [-0.1, -0.05) is 6.08 Å². The average Bonchev–Trinajstić information content (AvgIpc) is 2.32. The Kier molecular flexibility index (Phi) is 4.50. The summed E-state index contributed by atoms with van der Waals surface area (Å²) in [4.78, 5) is 1.25. The highest BCUT2D eigenvalue weighted by Gasteiger charge is 1.99. The summed E-state index contributed by atoms with van der Waals surface area (Å²) in [6, 6.07) is 2.10. The molecule has 1 aromatic rings. The lowest BCUT2D eigenvalue weighted by Gasteiger charge is -1.86. The maximum Gasteiger partial charge on any atom is 0.0846 e. The van der Waals surface area contributed by atoms with E-state index in [0.29, 0.717) is 0 Å². The van der Waals surface area contributed by atoms with Crippen molar-refractivity contribution < 1.29 is 0 Å². The van der Waals surface area contributed by atoms with E-state index in [1.54, 1.807) is 11.3 Å². The van der Waals surface area contributed by atoms with Crippen LogP contribution >= 0.6 is 43.2 Å². The molecule has 66 valence electrons. The largest absolute Gasteiger partial charge is 0.316 e. The molecule has 0 unspecified atom stereocenters. The summed E-state index contributed by atoms with van der Waals surface area (Å²) >= 11 is 8.61. The first-order valence-electron chi connectivity index (χ1n) is 3.50. The number of hydrogen-bond acceptors (Lipinski definition) is 2. The van der Waals surface area contributed by atoms with E-state index in [2.05, 4.69) is 55.4 Å². The molecule has 0 saturated carbocycles. The minimum absolute atomic E-state index is 0.910. The van der Waals surface area contributed by atoms with Crippen LogP contribution in [-0.4, -0.2) is 13.6 Å². The smallest absolute Gasteiger partial charge is 0.0846 e. The molecule has 12 heavy (non-hydrogen) atoms. The molecule has 1 rings (SSSR count). The van der Waals surface area contributed by atoms with Gasteiger partial charge in [0.2, 0.25) is 0 Å². The topological polar surface area (TPSA) is 12.0 Å². The minimum Gasteiger partial charge on any atom is -0.316 e. The van der Waals surface area contributed by atoms with Gasteiger partial charge < -0.3 is 5.32 Å². The summed E-state index contributed by atoms with van der Waals surface area (Å²) in [6.07, 6.45) is 4.21. The van der Waals surface area contributed by atoms with Gasteiger partial charge >= 0.3 is 0 Å². The molecule has 0 bridgehead atoms. The Morgan fingerprint density at radius 2 is 2.33 bits per heavy atom. The molecule has 1 aromatic heterocycles. The van der Waals surface area contributed by atoms with Crippen molar-refractivity contribution in [2.45, 2.75) is 0 Å². The number of hydrogen-bond donors (Lipinski definition) is 1. The molecule has 1 N–H and O–H groups in total. The number of halogens is 2. The summed E-state index contributed by atoms with van der Waals surface area (Å²) < 4.78 is 2.27. The number of nitrogens with one attached hydrogen (secondary N) is 1. The van der Waals surface area contributed by atoms with Gasteiger partial charge in [0.1, 0.15) is 0 Å². The molecule has 0 atom stereocenters. The lowest BCUT2D eigenvalue weighted by atomic mass is 10.4. The van der Waals surface area contributed by atoms with Crippen LogP contribution in [-0.2, 0) is 0 Å². The van der Waals surface area contributed by atoms with E-state index in [0.717, 1.165) is 14.8 Å². The summed E-state index contributed by atoms with van der Waals surface area (Å²) in [5.74, 6) is 0. The third-order valence-electron chi connectivity index (χ3n) is 1.27. The molecule has 0 aliphatic carbocycles. The first-order valence-corrected chi connectivity index (χ1v) is 5.90. The van der Waals surface area contributed by atoms with Crippen LogP contribution in [0, 0.1) is 0 Å². The highest BCUT2D eigenvalue weighted by molar-refractivity contribution is 9.13. The Morgan fingerprint density at radius 3 is 2.83 bits per heavy atom. The van der Waals surface area contributed by atoms with Crippen LogP contribution < -0.4 is 5.32 Å². The fourth-order valence-electron chi connectivity index (χ4n) is 0.738.